The van der Waals surface area contributed by atoms with E-state index in [1.54, 1.807) is 0 Å². The molecule has 0 aromatic heterocycles. The zero-order chi connectivity index (χ0) is 37.5. The summed E-state index contributed by atoms with van der Waals surface area (Å²) in [5.41, 5.74) is 8.59. The van der Waals surface area contributed by atoms with E-state index in [0.29, 0.717) is 6.61 Å². The zero-order valence-electron chi connectivity index (χ0n) is 33.3. The molecule has 6 heteroatoms. The fourth-order valence-electron chi connectivity index (χ4n) is 6.86. The maximum absolute atomic E-state index is 6.41. The third-order valence-electron chi connectivity index (χ3n) is 9.51. The molecule has 0 saturated carbocycles. The van der Waals surface area contributed by atoms with Crippen molar-refractivity contribution >= 4 is 39.6 Å². The first-order valence-corrected chi connectivity index (χ1v) is 19.7. The monoisotopic (exact) mass is 724 g/mol. The first-order valence-electron chi connectivity index (χ1n) is 18.0. The Hall–Kier alpha value is -3.16. The second kappa shape index (κ2) is 14.7. The van der Waals surface area contributed by atoms with Gasteiger partial charge in [0.05, 0.1) is 6.61 Å². The SMILES string of the molecule is Cc1cc2cc(OPOCc3ccccc3OPOc3cc4cc(C)c(C(C)(C)C)cc4cc3C(C)(C)C)c(C(C)(C)C)cc2cc1C(C)(C)C. The number of para-hydroxylation sites is 1. The Morgan fingerprint density at radius 3 is 1.25 bits per heavy atom. The second-order valence-corrected chi connectivity index (χ2v) is 19.3. The predicted molar refractivity (Wildman–Crippen MR) is 222 cm³/mol. The van der Waals surface area contributed by atoms with Crippen LogP contribution >= 0.6 is 18.1 Å². The van der Waals surface area contributed by atoms with Crippen molar-refractivity contribution in [1.82, 2.24) is 0 Å². The van der Waals surface area contributed by atoms with Gasteiger partial charge in [0.2, 0.25) is 9.03 Å². The molecule has 0 bridgehead atoms. The highest BCUT2D eigenvalue weighted by Crippen LogP contribution is 2.42. The van der Waals surface area contributed by atoms with E-state index >= 15 is 0 Å². The third kappa shape index (κ3) is 9.26. The van der Waals surface area contributed by atoms with Crippen LogP contribution in [0.4, 0.5) is 0 Å². The molecule has 51 heavy (non-hydrogen) atoms. The first kappa shape index (κ1) is 39.1. The van der Waals surface area contributed by atoms with E-state index in [9.17, 15) is 0 Å². The number of fused-ring (bicyclic) bond motifs is 2. The van der Waals surface area contributed by atoms with Gasteiger partial charge in [-0.15, -0.1) is 0 Å². The Bertz CT molecular complexity index is 2040. The van der Waals surface area contributed by atoms with E-state index in [2.05, 4.69) is 145 Å². The maximum Gasteiger partial charge on any atom is 0.275 e. The molecule has 5 aromatic carbocycles. The summed E-state index contributed by atoms with van der Waals surface area (Å²) in [5.74, 6) is 2.47. The van der Waals surface area contributed by atoms with Crippen molar-refractivity contribution in [3.63, 3.8) is 0 Å². The van der Waals surface area contributed by atoms with Gasteiger partial charge in [0.1, 0.15) is 17.2 Å². The molecule has 0 aliphatic rings. The van der Waals surface area contributed by atoms with Crippen LogP contribution < -0.4 is 13.6 Å². The lowest BCUT2D eigenvalue weighted by molar-refractivity contribution is 0.314. The number of hydrogen-bond donors (Lipinski definition) is 0. The van der Waals surface area contributed by atoms with Gasteiger partial charge in [-0.05, 0) is 110 Å². The summed E-state index contributed by atoms with van der Waals surface area (Å²) in [5, 5.41) is 4.83. The van der Waals surface area contributed by atoms with Crippen molar-refractivity contribution in [3.05, 3.63) is 112 Å². The smallest absolute Gasteiger partial charge is 0.275 e. The Morgan fingerprint density at radius 1 is 0.431 bits per heavy atom. The Morgan fingerprint density at radius 2 is 0.804 bits per heavy atom. The molecule has 0 aliphatic carbocycles. The lowest BCUT2D eigenvalue weighted by Crippen LogP contribution is -2.14. The molecule has 5 aromatic rings. The number of benzene rings is 5. The van der Waals surface area contributed by atoms with Crippen LogP contribution in [0.1, 0.15) is 122 Å². The summed E-state index contributed by atoms with van der Waals surface area (Å²) in [6.45, 7) is 31.8. The van der Waals surface area contributed by atoms with Gasteiger partial charge in [0.15, 0.2) is 0 Å². The van der Waals surface area contributed by atoms with Gasteiger partial charge in [-0.3, -0.25) is 0 Å². The number of hydrogen-bond acceptors (Lipinski definition) is 4. The van der Waals surface area contributed by atoms with Gasteiger partial charge in [-0.25, -0.2) is 0 Å². The van der Waals surface area contributed by atoms with Crippen LogP contribution in [0.25, 0.3) is 21.5 Å². The summed E-state index contributed by atoms with van der Waals surface area (Å²) >= 11 is 0. The number of rotatable bonds is 9. The Kier molecular flexibility index (Phi) is 11.3. The fourth-order valence-corrected chi connectivity index (χ4v) is 7.98. The molecule has 0 N–H and O–H groups in total. The van der Waals surface area contributed by atoms with Crippen LogP contribution in [0.5, 0.6) is 17.2 Å². The van der Waals surface area contributed by atoms with Gasteiger partial charge in [0.25, 0.3) is 9.03 Å². The third-order valence-corrected chi connectivity index (χ3v) is 10.7. The molecular weight excluding hydrogens is 666 g/mol. The normalized spacial score (nSPS) is 13.3. The van der Waals surface area contributed by atoms with Crippen LogP contribution in [-0.2, 0) is 32.8 Å². The van der Waals surface area contributed by atoms with E-state index in [1.165, 1.54) is 49.4 Å². The molecule has 0 amide bonds. The molecule has 0 saturated heterocycles. The van der Waals surface area contributed by atoms with E-state index in [1.807, 2.05) is 24.3 Å². The molecule has 0 fully saturated rings. The highest BCUT2D eigenvalue weighted by molar-refractivity contribution is 7.27. The summed E-state index contributed by atoms with van der Waals surface area (Å²) < 4.78 is 25.2. The van der Waals surface area contributed by atoms with Gasteiger partial charge < -0.3 is 18.1 Å². The van der Waals surface area contributed by atoms with Crippen molar-refractivity contribution in [1.29, 1.82) is 0 Å². The number of aryl methyl sites for hydroxylation is 2. The first-order chi connectivity index (χ1) is 23.6. The summed E-state index contributed by atoms with van der Waals surface area (Å²) in [4.78, 5) is 0. The van der Waals surface area contributed by atoms with E-state index in [0.717, 1.165) is 28.4 Å². The highest BCUT2D eigenvalue weighted by Gasteiger charge is 2.24. The summed E-state index contributed by atoms with van der Waals surface area (Å²) in [6, 6.07) is 26.1. The average molecular weight is 725 g/mol. The molecule has 0 spiro atoms. The molecule has 5 rings (SSSR count). The van der Waals surface area contributed by atoms with Crippen LogP contribution in [0.2, 0.25) is 0 Å². The van der Waals surface area contributed by atoms with E-state index in [-0.39, 0.29) is 39.7 Å². The molecule has 0 radical (unpaired) electrons. The zero-order valence-corrected chi connectivity index (χ0v) is 35.3. The highest BCUT2D eigenvalue weighted by atomic mass is 31.1. The van der Waals surface area contributed by atoms with Gasteiger partial charge in [-0.2, -0.15) is 0 Å². The molecular formula is C45H58O4P2. The van der Waals surface area contributed by atoms with Gasteiger partial charge in [-0.1, -0.05) is 126 Å². The van der Waals surface area contributed by atoms with Gasteiger partial charge >= 0.3 is 0 Å². The van der Waals surface area contributed by atoms with Crippen molar-refractivity contribution in [2.45, 2.75) is 125 Å². The minimum Gasteiger partial charge on any atom is -0.449 e. The lowest BCUT2D eigenvalue weighted by atomic mass is 9.81. The lowest BCUT2D eigenvalue weighted by Gasteiger charge is -2.26. The van der Waals surface area contributed by atoms with Crippen LogP contribution in [0.3, 0.4) is 0 Å². The minimum atomic E-state index is -0.209. The molecule has 272 valence electrons. The maximum atomic E-state index is 6.41. The molecule has 0 heterocycles. The quantitative estimate of drug-likeness (QED) is 0.112. The largest absolute Gasteiger partial charge is 0.449 e. The molecule has 0 aliphatic heterocycles. The van der Waals surface area contributed by atoms with Crippen molar-refractivity contribution in [2.75, 3.05) is 0 Å². The molecule has 4 nitrogen and oxygen atoms in total. The average Bonchev–Trinajstić information content (AvgIpc) is 3.00. The topological polar surface area (TPSA) is 36.9 Å². The van der Waals surface area contributed by atoms with Crippen molar-refractivity contribution in [3.8, 4) is 17.2 Å². The van der Waals surface area contributed by atoms with Crippen LogP contribution in [-0.4, -0.2) is 0 Å². The van der Waals surface area contributed by atoms with Crippen molar-refractivity contribution in [2.24, 2.45) is 0 Å². The molecule has 2 unspecified atom stereocenters. The predicted octanol–water partition coefficient (Wildman–Crippen LogP) is 13.9. The minimum absolute atomic E-state index is 0.0794. The van der Waals surface area contributed by atoms with E-state index < -0.39 is 0 Å². The standard InChI is InChI=1S/C45H58O4P2/c1-28-19-31-25-40(37(44(9,10)11)23-33(31)21-35(28)42(3,4)5)48-50-46-27-30-17-15-16-18-39(30)47-51-49-41-26-32-20-29(2)36(43(6,7)8)22-34(32)24-38(41)45(12,13)14/h15-26,50-51H,27H2,1-14H3. The van der Waals surface area contributed by atoms with Gasteiger partial charge in [0, 0.05) is 16.7 Å². The second-order valence-electron chi connectivity index (χ2n) is 18.1. The van der Waals surface area contributed by atoms with Crippen LogP contribution in [0.15, 0.2) is 72.8 Å². The Balaban J connectivity index is 1.28. The molecule has 2 atom stereocenters. The summed E-state index contributed by atoms with van der Waals surface area (Å²) in [7, 11) is -0.374. The van der Waals surface area contributed by atoms with Crippen LogP contribution in [0, 0.1) is 13.8 Å². The van der Waals surface area contributed by atoms with E-state index in [4.69, 9.17) is 18.1 Å². The Labute approximate surface area is 310 Å². The fraction of sp³-hybridized carbons (Fsp3) is 0.422. The van der Waals surface area contributed by atoms with Crippen molar-refractivity contribution < 1.29 is 18.1 Å². The summed E-state index contributed by atoms with van der Waals surface area (Å²) in [6.07, 6.45) is 0.